The summed E-state index contributed by atoms with van der Waals surface area (Å²) in [6.07, 6.45) is 3.92. The van der Waals surface area contributed by atoms with E-state index in [4.69, 9.17) is 0 Å². The van der Waals surface area contributed by atoms with Crippen LogP contribution in [0.25, 0.3) is 23.1 Å². The number of thiophene rings is 1. The summed E-state index contributed by atoms with van der Waals surface area (Å²) in [7, 11) is 0. The molecule has 2 N–H and O–H groups in total. The molecule has 2 aromatic heterocycles. The smallest absolute Gasteiger partial charge is 0.266 e. The Bertz CT molecular complexity index is 1160. The number of fused-ring (bicyclic) bond motifs is 1. The van der Waals surface area contributed by atoms with Gasteiger partial charge in [0.2, 0.25) is 0 Å². The zero-order valence-electron chi connectivity index (χ0n) is 14.5. The molecule has 0 unspecified atom stereocenters. The Morgan fingerprint density at radius 3 is 2.74 bits per heavy atom. The Balaban J connectivity index is 1.61. The van der Waals surface area contributed by atoms with E-state index in [0.29, 0.717) is 4.88 Å². The van der Waals surface area contributed by atoms with Gasteiger partial charge in [0.15, 0.2) is 0 Å². The van der Waals surface area contributed by atoms with Gasteiger partial charge in [-0.25, -0.2) is 0 Å². The molecular weight excluding hydrogens is 422 g/mol. The van der Waals surface area contributed by atoms with Crippen LogP contribution in [-0.2, 0) is 0 Å². The van der Waals surface area contributed by atoms with Gasteiger partial charge < -0.3 is 5.32 Å². The van der Waals surface area contributed by atoms with Crippen molar-refractivity contribution in [3.05, 3.63) is 80.1 Å². The number of carbonyl (C=O) groups is 1. The summed E-state index contributed by atoms with van der Waals surface area (Å²) in [5.74, 6) is -0.103. The van der Waals surface area contributed by atoms with Gasteiger partial charge >= 0.3 is 0 Å². The first-order valence-electron chi connectivity index (χ1n) is 8.38. The number of carbonyl (C=O) groups excluding carboxylic acids is 1. The van der Waals surface area contributed by atoms with Crippen molar-refractivity contribution in [1.29, 1.82) is 0 Å². The highest BCUT2D eigenvalue weighted by Gasteiger charge is 2.14. The Morgan fingerprint density at radius 1 is 1.15 bits per heavy atom. The first kappa shape index (κ1) is 17.7. The van der Waals surface area contributed by atoms with E-state index in [1.165, 1.54) is 11.3 Å². The molecule has 0 aliphatic carbocycles. The van der Waals surface area contributed by atoms with Gasteiger partial charge in [-0.15, -0.1) is 11.3 Å². The average Bonchev–Trinajstić information content (AvgIpc) is 3.25. The van der Waals surface area contributed by atoms with Crippen LogP contribution in [0.1, 0.15) is 26.5 Å². The number of nitrogens with zero attached hydrogens (tertiary/aromatic N) is 1. The predicted molar refractivity (Wildman–Crippen MR) is 116 cm³/mol. The molecule has 4 rings (SSSR count). The second-order valence-corrected chi connectivity index (χ2v) is 7.80. The number of benzene rings is 2. The van der Waals surface area contributed by atoms with Gasteiger partial charge in [0.1, 0.15) is 0 Å². The van der Waals surface area contributed by atoms with E-state index in [1.807, 2.05) is 73.0 Å². The molecule has 4 nitrogen and oxygen atoms in total. The normalized spacial score (nSPS) is 11.3. The number of hydrogen-bond donors (Lipinski definition) is 2. The monoisotopic (exact) mass is 437 g/mol. The largest absolute Gasteiger partial charge is 0.321 e. The molecule has 6 heteroatoms. The van der Waals surface area contributed by atoms with Gasteiger partial charge in [0, 0.05) is 20.9 Å². The van der Waals surface area contributed by atoms with Crippen molar-refractivity contribution in [2.45, 2.75) is 6.92 Å². The molecular formula is C21H16BrN3OS. The average molecular weight is 438 g/mol. The highest BCUT2D eigenvalue weighted by atomic mass is 79.9. The van der Waals surface area contributed by atoms with Crippen LogP contribution in [0.5, 0.6) is 0 Å². The summed E-state index contributed by atoms with van der Waals surface area (Å²) in [4.78, 5) is 13.4. The maximum atomic E-state index is 12.6. The Morgan fingerprint density at radius 2 is 1.93 bits per heavy atom. The van der Waals surface area contributed by atoms with E-state index in [2.05, 4.69) is 31.4 Å². The number of amides is 1. The fraction of sp³-hybridized carbons (Fsp3) is 0.0476. The van der Waals surface area contributed by atoms with Crippen LogP contribution in [0.4, 0.5) is 5.69 Å². The van der Waals surface area contributed by atoms with E-state index in [9.17, 15) is 4.79 Å². The van der Waals surface area contributed by atoms with Crippen LogP contribution in [-0.4, -0.2) is 16.1 Å². The van der Waals surface area contributed by atoms with Crippen molar-refractivity contribution in [3.63, 3.8) is 0 Å². The fourth-order valence-electron chi connectivity index (χ4n) is 2.84. The minimum absolute atomic E-state index is 0.103. The first-order chi connectivity index (χ1) is 13.1. The molecule has 0 saturated carbocycles. The summed E-state index contributed by atoms with van der Waals surface area (Å²) in [6.45, 7) is 1.93. The van der Waals surface area contributed by atoms with E-state index >= 15 is 0 Å². The third kappa shape index (κ3) is 3.59. The topological polar surface area (TPSA) is 57.8 Å². The Labute approximate surface area is 169 Å². The molecule has 0 aliphatic rings. The first-order valence-corrected chi connectivity index (χ1v) is 10.1. The van der Waals surface area contributed by atoms with E-state index in [0.717, 1.165) is 37.9 Å². The number of halogens is 1. The van der Waals surface area contributed by atoms with Crippen molar-refractivity contribution < 1.29 is 4.79 Å². The molecule has 2 aromatic carbocycles. The number of para-hydroxylation sites is 2. The Hall–Kier alpha value is -2.70. The van der Waals surface area contributed by atoms with Crippen LogP contribution in [0, 0.1) is 6.92 Å². The van der Waals surface area contributed by atoms with Gasteiger partial charge in [0.25, 0.3) is 5.91 Å². The number of H-pyrrole nitrogens is 1. The lowest BCUT2D eigenvalue weighted by Crippen LogP contribution is -2.12. The zero-order chi connectivity index (χ0) is 18.8. The number of rotatable bonds is 4. The lowest BCUT2D eigenvalue weighted by molar-refractivity contribution is 0.103. The molecule has 2 heterocycles. The van der Waals surface area contributed by atoms with Gasteiger partial charge in [-0.2, -0.15) is 5.10 Å². The third-order valence-electron chi connectivity index (χ3n) is 4.31. The maximum Gasteiger partial charge on any atom is 0.266 e. The quantitative estimate of drug-likeness (QED) is 0.404. The molecule has 0 fully saturated rings. The van der Waals surface area contributed by atoms with Gasteiger partial charge in [-0.3, -0.25) is 9.89 Å². The lowest BCUT2D eigenvalue weighted by atomic mass is 10.1. The van der Waals surface area contributed by atoms with E-state index in [-0.39, 0.29) is 5.91 Å². The minimum atomic E-state index is -0.103. The van der Waals surface area contributed by atoms with E-state index in [1.54, 1.807) is 0 Å². The fourth-order valence-corrected chi connectivity index (χ4v) is 4.29. The van der Waals surface area contributed by atoms with Crippen LogP contribution < -0.4 is 5.32 Å². The summed E-state index contributed by atoms with van der Waals surface area (Å²) >= 11 is 4.89. The summed E-state index contributed by atoms with van der Waals surface area (Å²) in [5, 5.41) is 13.4. The second-order valence-electron chi connectivity index (χ2n) is 6.07. The number of aromatic nitrogens is 2. The Kier molecular flexibility index (Phi) is 4.92. The van der Waals surface area contributed by atoms with Crippen LogP contribution in [0.15, 0.2) is 58.4 Å². The van der Waals surface area contributed by atoms with Crippen molar-refractivity contribution in [1.82, 2.24) is 10.2 Å². The molecule has 4 aromatic rings. The van der Waals surface area contributed by atoms with Crippen molar-refractivity contribution in [2.75, 3.05) is 5.32 Å². The molecule has 134 valence electrons. The van der Waals surface area contributed by atoms with Gasteiger partial charge in [-0.1, -0.05) is 42.5 Å². The molecule has 1 amide bonds. The predicted octanol–water partition coefficient (Wildman–Crippen LogP) is 6.12. The summed E-state index contributed by atoms with van der Waals surface area (Å²) in [6, 6.07) is 15.7. The van der Waals surface area contributed by atoms with Gasteiger partial charge in [-0.05, 0) is 52.2 Å². The maximum absolute atomic E-state index is 12.6. The molecule has 0 spiro atoms. The van der Waals surface area contributed by atoms with Crippen LogP contribution in [0.3, 0.4) is 0 Å². The number of nitrogens with one attached hydrogen (secondary N) is 2. The van der Waals surface area contributed by atoms with Crippen molar-refractivity contribution >= 4 is 61.9 Å². The molecule has 27 heavy (non-hydrogen) atoms. The van der Waals surface area contributed by atoms with Crippen LogP contribution in [0.2, 0.25) is 0 Å². The minimum Gasteiger partial charge on any atom is -0.321 e. The summed E-state index contributed by atoms with van der Waals surface area (Å²) < 4.78 is 0.955. The molecule has 0 aliphatic heterocycles. The highest BCUT2D eigenvalue weighted by Crippen LogP contribution is 2.28. The standard InChI is InChI=1S/C21H16BrN3OS/c1-13-16(22)12-27-20(13)21(26)23-17-8-4-2-6-14(17)10-11-19-15-7-3-5-9-18(15)24-25-19/h2-12H,1H3,(H,23,26)(H,24,25)/b11-10+. The van der Waals surface area contributed by atoms with E-state index < -0.39 is 0 Å². The summed E-state index contributed by atoms with van der Waals surface area (Å²) in [5.41, 5.74) is 4.50. The zero-order valence-corrected chi connectivity index (χ0v) is 16.9. The lowest BCUT2D eigenvalue weighted by Gasteiger charge is -2.08. The van der Waals surface area contributed by atoms with Crippen molar-refractivity contribution in [2.24, 2.45) is 0 Å². The molecule has 0 radical (unpaired) electrons. The number of aromatic amines is 1. The van der Waals surface area contributed by atoms with Gasteiger partial charge in [0.05, 0.1) is 16.1 Å². The second kappa shape index (κ2) is 7.50. The van der Waals surface area contributed by atoms with Crippen LogP contribution >= 0.6 is 27.3 Å². The molecule has 0 atom stereocenters. The highest BCUT2D eigenvalue weighted by molar-refractivity contribution is 9.10. The third-order valence-corrected chi connectivity index (χ3v) is 6.52. The molecule has 0 bridgehead atoms. The SMILES string of the molecule is Cc1c(Br)csc1C(=O)Nc1ccccc1/C=C/c1n[nH]c2ccccc12. The molecule has 0 saturated heterocycles. The number of hydrogen-bond acceptors (Lipinski definition) is 3. The van der Waals surface area contributed by atoms with Crippen molar-refractivity contribution in [3.8, 4) is 0 Å². The number of anilines is 1.